The van der Waals surface area contributed by atoms with Crippen LogP contribution in [0.25, 0.3) is 0 Å². The predicted octanol–water partition coefficient (Wildman–Crippen LogP) is 3.41. The van der Waals surface area contributed by atoms with E-state index in [4.69, 9.17) is 0 Å². The predicted molar refractivity (Wildman–Crippen MR) is 76.4 cm³/mol. The van der Waals surface area contributed by atoms with Crippen molar-refractivity contribution in [2.45, 2.75) is 47.0 Å². The number of carbonyl (C=O) groups is 1. The summed E-state index contributed by atoms with van der Waals surface area (Å²) in [4.78, 5) is 14.8. The summed E-state index contributed by atoms with van der Waals surface area (Å²) in [6, 6.07) is 0. The molecule has 0 aromatic rings. The Kier molecular flexibility index (Phi) is 5.84. The van der Waals surface area contributed by atoms with Crippen molar-refractivity contribution >= 4 is 17.7 Å². The van der Waals surface area contributed by atoms with Gasteiger partial charge in [0.15, 0.2) is 0 Å². The molecule has 1 aliphatic rings. The van der Waals surface area contributed by atoms with Crippen LogP contribution < -0.4 is 0 Å². The van der Waals surface area contributed by atoms with E-state index in [1.54, 1.807) is 0 Å². The Morgan fingerprint density at radius 2 is 1.76 bits per heavy atom. The van der Waals surface area contributed by atoms with Crippen LogP contribution in [-0.4, -0.2) is 35.4 Å². The first-order valence-electron chi connectivity index (χ1n) is 6.93. The Labute approximate surface area is 111 Å². The molecular formula is C14H27NOS. The van der Waals surface area contributed by atoms with Crippen LogP contribution in [0.3, 0.4) is 0 Å². The van der Waals surface area contributed by atoms with E-state index in [2.05, 4.69) is 32.6 Å². The molecule has 0 aromatic heterocycles. The van der Waals surface area contributed by atoms with Crippen molar-refractivity contribution in [3.05, 3.63) is 0 Å². The number of hydrogen-bond donors (Lipinski definition) is 0. The zero-order chi connectivity index (χ0) is 12.9. The maximum absolute atomic E-state index is 12.7. The van der Waals surface area contributed by atoms with Crippen LogP contribution in [0.2, 0.25) is 0 Å². The third kappa shape index (κ3) is 3.64. The maximum atomic E-state index is 12.7. The van der Waals surface area contributed by atoms with E-state index in [0.29, 0.717) is 11.8 Å². The van der Waals surface area contributed by atoms with E-state index in [1.165, 1.54) is 0 Å². The number of rotatable bonds is 5. The lowest BCUT2D eigenvalue weighted by Gasteiger charge is -2.38. The van der Waals surface area contributed by atoms with Gasteiger partial charge in [0.1, 0.15) is 0 Å². The molecule has 3 heteroatoms. The first-order chi connectivity index (χ1) is 8.05. The van der Waals surface area contributed by atoms with Gasteiger partial charge in [-0.05, 0) is 25.2 Å². The first kappa shape index (κ1) is 14.9. The van der Waals surface area contributed by atoms with Crippen molar-refractivity contribution in [1.82, 2.24) is 4.90 Å². The molecule has 1 amide bonds. The number of thioether (sulfide) groups is 1. The van der Waals surface area contributed by atoms with E-state index in [1.807, 2.05) is 11.8 Å². The summed E-state index contributed by atoms with van der Waals surface area (Å²) in [6.45, 7) is 10.7. The van der Waals surface area contributed by atoms with E-state index >= 15 is 0 Å². The van der Waals surface area contributed by atoms with Gasteiger partial charge in [-0.15, -0.1) is 0 Å². The normalized spacial score (nSPS) is 17.6. The van der Waals surface area contributed by atoms with E-state index < -0.39 is 0 Å². The Hall–Kier alpha value is -0.180. The minimum Gasteiger partial charge on any atom is -0.341 e. The topological polar surface area (TPSA) is 20.3 Å². The Balaban J connectivity index is 2.77. The summed E-state index contributed by atoms with van der Waals surface area (Å²) < 4.78 is 0. The molecule has 17 heavy (non-hydrogen) atoms. The van der Waals surface area contributed by atoms with Gasteiger partial charge in [0.05, 0.1) is 0 Å². The molecule has 1 saturated heterocycles. The molecule has 100 valence electrons. The Bertz CT molecular complexity index is 243. The molecule has 1 aliphatic heterocycles. The van der Waals surface area contributed by atoms with Crippen LogP contribution in [0.1, 0.15) is 47.0 Å². The fourth-order valence-corrected chi connectivity index (χ4v) is 3.71. The smallest absolute Gasteiger partial charge is 0.228 e. The molecule has 0 unspecified atom stereocenters. The summed E-state index contributed by atoms with van der Waals surface area (Å²) in [5.41, 5.74) is -0.101. The minimum atomic E-state index is -0.101. The highest BCUT2D eigenvalue weighted by Crippen LogP contribution is 2.36. The molecule has 0 N–H and O–H groups in total. The quantitative estimate of drug-likeness (QED) is 0.752. The van der Waals surface area contributed by atoms with Crippen molar-refractivity contribution in [3.8, 4) is 0 Å². The van der Waals surface area contributed by atoms with Gasteiger partial charge in [-0.3, -0.25) is 4.79 Å². The SMILES string of the molecule is CCC(CC)(CC(C)C)C(=O)N1CCSCC1. The minimum absolute atomic E-state index is 0.101. The lowest BCUT2D eigenvalue weighted by atomic mass is 9.74. The van der Waals surface area contributed by atoms with Gasteiger partial charge in [-0.2, -0.15) is 11.8 Å². The average Bonchev–Trinajstić information content (AvgIpc) is 2.36. The highest BCUT2D eigenvalue weighted by molar-refractivity contribution is 7.99. The summed E-state index contributed by atoms with van der Waals surface area (Å²) in [5, 5.41) is 0. The van der Waals surface area contributed by atoms with E-state index in [0.717, 1.165) is 43.9 Å². The molecule has 0 aliphatic carbocycles. The molecule has 0 saturated carbocycles. The number of carbonyl (C=O) groups excluding carboxylic acids is 1. The van der Waals surface area contributed by atoms with Crippen LogP contribution in [0.5, 0.6) is 0 Å². The summed E-state index contributed by atoms with van der Waals surface area (Å²) in [6.07, 6.45) is 2.98. The second kappa shape index (κ2) is 6.67. The van der Waals surface area contributed by atoms with Crippen molar-refractivity contribution in [3.63, 3.8) is 0 Å². The maximum Gasteiger partial charge on any atom is 0.228 e. The third-order valence-electron chi connectivity index (χ3n) is 3.90. The van der Waals surface area contributed by atoms with Gasteiger partial charge in [-0.1, -0.05) is 27.7 Å². The van der Waals surface area contributed by atoms with Gasteiger partial charge in [0, 0.05) is 30.0 Å². The van der Waals surface area contributed by atoms with Gasteiger partial charge in [0.2, 0.25) is 5.91 Å². The highest BCUT2D eigenvalue weighted by Gasteiger charge is 2.38. The molecule has 0 atom stereocenters. The second-order valence-corrected chi connectivity index (χ2v) is 6.71. The molecule has 0 radical (unpaired) electrons. The molecule has 0 bridgehead atoms. The summed E-state index contributed by atoms with van der Waals surface area (Å²) >= 11 is 1.96. The van der Waals surface area contributed by atoms with Crippen molar-refractivity contribution < 1.29 is 4.79 Å². The highest BCUT2D eigenvalue weighted by atomic mass is 32.2. The molecule has 0 spiro atoms. The second-order valence-electron chi connectivity index (χ2n) is 5.49. The van der Waals surface area contributed by atoms with Crippen LogP contribution in [0.4, 0.5) is 0 Å². The monoisotopic (exact) mass is 257 g/mol. The molecule has 0 aromatic carbocycles. The van der Waals surface area contributed by atoms with E-state index in [-0.39, 0.29) is 5.41 Å². The van der Waals surface area contributed by atoms with Crippen molar-refractivity contribution in [2.75, 3.05) is 24.6 Å². The Morgan fingerprint density at radius 1 is 1.24 bits per heavy atom. The largest absolute Gasteiger partial charge is 0.341 e. The van der Waals surface area contributed by atoms with E-state index in [9.17, 15) is 4.79 Å². The molecule has 2 nitrogen and oxygen atoms in total. The van der Waals surface area contributed by atoms with Gasteiger partial charge in [0.25, 0.3) is 0 Å². The lowest BCUT2D eigenvalue weighted by Crippen LogP contribution is -2.47. The van der Waals surface area contributed by atoms with Crippen LogP contribution in [0.15, 0.2) is 0 Å². The standard InChI is InChI=1S/C14H27NOS/c1-5-14(6-2,11-12(3)4)13(16)15-7-9-17-10-8-15/h12H,5-11H2,1-4H3. The summed E-state index contributed by atoms with van der Waals surface area (Å²) in [7, 11) is 0. The fourth-order valence-electron chi connectivity index (χ4n) is 2.81. The molecular weight excluding hydrogens is 230 g/mol. The zero-order valence-corrected chi connectivity index (χ0v) is 12.6. The van der Waals surface area contributed by atoms with Gasteiger partial charge < -0.3 is 4.90 Å². The van der Waals surface area contributed by atoms with Crippen LogP contribution in [0, 0.1) is 11.3 Å². The van der Waals surface area contributed by atoms with Gasteiger partial charge in [-0.25, -0.2) is 0 Å². The van der Waals surface area contributed by atoms with Crippen LogP contribution >= 0.6 is 11.8 Å². The van der Waals surface area contributed by atoms with Crippen molar-refractivity contribution in [2.24, 2.45) is 11.3 Å². The third-order valence-corrected chi connectivity index (χ3v) is 4.85. The fraction of sp³-hybridized carbons (Fsp3) is 0.929. The molecule has 1 heterocycles. The lowest BCUT2D eigenvalue weighted by molar-refractivity contribution is -0.143. The average molecular weight is 257 g/mol. The Morgan fingerprint density at radius 3 is 2.18 bits per heavy atom. The molecule has 1 fully saturated rings. The van der Waals surface area contributed by atoms with Gasteiger partial charge >= 0.3 is 0 Å². The number of amides is 1. The number of nitrogens with zero attached hydrogens (tertiary/aromatic N) is 1. The van der Waals surface area contributed by atoms with Crippen LogP contribution in [-0.2, 0) is 4.79 Å². The first-order valence-corrected chi connectivity index (χ1v) is 8.08. The zero-order valence-electron chi connectivity index (χ0n) is 11.8. The molecule has 1 rings (SSSR count). The number of hydrogen-bond acceptors (Lipinski definition) is 2. The summed E-state index contributed by atoms with van der Waals surface area (Å²) in [5.74, 6) is 3.22. The van der Waals surface area contributed by atoms with Crippen molar-refractivity contribution in [1.29, 1.82) is 0 Å².